The summed E-state index contributed by atoms with van der Waals surface area (Å²) in [6.07, 6.45) is 1.93. The standard InChI is InChI=1S/C12H17BrN2O/c1-2-3-11(8-14)15-12(16)9-4-6-10(13)7-5-9/h4-7,11H,2-3,8,14H2,1H3,(H,15,16). The molecule has 0 bridgehead atoms. The Kier molecular flexibility index (Phi) is 5.49. The molecule has 3 nitrogen and oxygen atoms in total. The molecule has 16 heavy (non-hydrogen) atoms. The van der Waals surface area contributed by atoms with E-state index in [0.717, 1.165) is 17.3 Å². The minimum absolute atomic E-state index is 0.0589. The first-order valence-electron chi connectivity index (χ1n) is 5.44. The number of amides is 1. The maximum atomic E-state index is 11.8. The van der Waals surface area contributed by atoms with Gasteiger partial charge in [0.25, 0.3) is 5.91 Å². The summed E-state index contributed by atoms with van der Waals surface area (Å²) in [5.74, 6) is -0.0589. The van der Waals surface area contributed by atoms with E-state index in [4.69, 9.17) is 5.73 Å². The van der Waals surface area contributed by atoms with Gasteiger partial charge in [0.1, 0.15) is 0 Å². The molecule has 1 rings (SSSR count). The van der Waals surface area contributed by atoms with Crippen molar-refractivity contribution in [1.82, 2.24) is 5.32 Å². The quantitative estimate of drug-likeness (QED) is 0.872. The van der Waals surface area contributed by atoms with Gasteiger partial charge in [-0.05, 0) is 30.7 Å². The second-order valence-electron chi connectivity index (χ2n) is 3.70. The van der Waals surface area contributed by atoms with Crippen molar-refractivity contribution >= 4 is 21.8 Å². The first-order chi connectivity index (χ1) is 7.67. The molecule has 0 spiro atoms. The molecule has 0 aromatic heterocycles. The molecule has 3 N–H and O–H groups in total. The number of nitrogens with one attached hydrogen (secondary N) is 1. The van der Waals surface area contributed by atoms with Crippen LogP contribution in [0.1, 0.15) is 30.1 Å². The van der Waals surface area contributed by atoms with E-state index in [0.29, 0.717) is 12.1 Å². The third-order valence-corrected chi connectivity index (χ3v) is 2.89. The fourth-order valence-electron chi connectivity index (χ4n) is 1.47. The number of benzene rings is 1. The lowest BCUT2D eigenvalue weighted by Crippen LogP contribution is -2.40. The van der Waals surface area contributed by atoms with Crippen molar-refractivity contribution in [2.45, 2.75) is 25.8 Å². The molecule has 1 amide bonds. The maximum absolute atomic E-state index is 11.8. The fourth-order valence-corrected chi connectivity index (χ4v) is 1.73. The molecule has 0 aliphatic heterocycles. The monoisotopic (exact) mass is 284 g/mol. The third kappa shape index (κ3) is 3.94. The first-order valence-corrected chi connectivity index (χ1v) is 6.23. The van der Waals surface area contributed by atoms with Gasteiger partial charge in [0, 0.05) is 22.6 Å². The number of hydrogen-bond acceptors (Lipinski definition) is 2. The number of halogens is 1. The van der Waals surface area contributed by atoms with Crippen molar-refractivity contribution in [3.63, 3.8) is 0 Å². The highest BCUT2D eigenvalue weighted by atomic mass is 79.9. The van der Waals surface area contributed by atoms with Gasteiger partial charge in [-0.1, -0.05) is 29.3 Å². The zero-order valence-corrected chi connectivity index (χ0v) is 11.0. The van der Waals surface area contributed by atoms with Crippen LogP contribution in [-0.4, -0.2) is 18.5 Å². The summed E-state index contributed by atoms with van der Waals surface area (Å²) in [4.78, 5) is 11.8. The zero-order chi connectivity index (χ0) is 12.0. The molecular weight excluding hydrogens is 268 g/mol. The van der Waals surface area contributed by atoms with Crippen molar-refractivity contribution in [3.8, 4) is 0 Å². The summed E-state index contributed by atoms with van der Waals surface area (Å²) in [6.45, 7) is 2.56. The van der Waals surface area contributed by atoms with E-state index in [-0.39, 0.29) is 11.9 Å². The van der Waals surface area contributed by atoms with Crippen LogP contribution in [0, 0.1) is 0 Å². The fraction of sp³-hybridized carbons (Fsp3) is 0.417. The van der Waals surface area contributed by atoms with Gasteiger partial charge in [-0.3, -0.25) is 4.79 Å². The summed E-state index contributed by atoms with van der Waals surface area (Å²) in [6, 6.07) is 7.36. The molecule has 1 aromatic rings. The van der Waals surface area contributed by atoms with Crippen LogP contribution < -0.4 is 11.1 Å². The average molecular weight is 285 g/mol. The van der Waals surface area contributed by atoms with E-state index < -0.39 is 0 Å². The number of carbonyl (C=O) groups excluding carboxylic acids is 1. The van der Waals surface area contributed by atoms with Crippen molar-refractivity contribution < 1.29 is 4.79 Å². The summed E-state index contributed by atoms with van der Waals surface area (Å²) in [5, 5.41) is 2.92. The van der Waals surface area contributed by atoms with Crippen LogP contribution in [0.5, 0.6) is 0 Å². The minimum Gasteiger partial charge on any atom is -0.348 e. The van der Waals surface area contributed by atoms with Crippen LogP contribution in [0.25, 0.3) is 0 Å². The molecule has 0 saturated heterocycles. The van der Waals surface area contributed by atoms with Crippen LogP contribution in [0.15, 0.2) is 28.7 Å². The van der Waals surface area contributed by atoms with E-state index in [1.165, 1.54) is 0 Å². The summed E-state index contributed by atoms with van der Waals surface area (Å²) >= 11 is 3.33. The van der Waals surface area contributed by atoms with Gasteiger partial charge in [0.15, 0.2) is 0 Å². The molecule has 0 radical (unpaired) electrons. The number of carbonyl (C=O) groups is 1. The van der Waals surface area contributed by atoms with Crippen molar-refractivity contribution in [2.24, 2.45) is 5.73 Å². The van der Waals surface area contributed by atoms with Crippen LogP contribution in [0.2, 0.25) is 0 Å². The Bertz CT molecular complexity index is 337. The normalized spacial score (nSPS) is 12.2. The maximum Gasteiger partial charge on any atom is 0.251 e. The van der Waals surface area contributed by atoms with E-state index >= 15 is 0 Å². The number of nitrogens with two attached hydrogens (primary N) is 1. The Morgan fingerprint density at radius 1 is 1.44 bits per heavy atom. The predicted molar refractivity (Wildman–Crippen MR) is 69.4 cm³/mol. The Labute approximate surface area is 105 Å². The molecule has 0 saturated carbocycles. The molecule has 4 heteroatoms. The largest absolute Gasteiger partial charge is 0.348 e. The zero-order valence-electron chi connectivity index (χ0n) is 9.37. The van der Waals surface area contributed by atoms with E-state index in [9.17, 15) is 4.79 Å². The second-order valence-corrected chi connectivity index (χ2v) is 4.62. The first kappa shape index (κ1) is 13.2. The van der Waals surface area contributed by atoms with Gasteiger partial charge < -0.3 is 11.1 Å². The highest BCUT2D eigenvalue weighted by molar-refractivity contribution is 9.10. The van der Waals surface area contributed by atoms with Crippen molar-refractivity contribution in [3.05, 3.63) is 34.3 Å². The summed E-state index contributed by atoms with van der Waals surface area (Å²) in [5.41, 5.74) is 6.25. The molecule has 0 aliphatic carbocycles. The van der Waals surface area contributed by atoms with Gasteiger partial charge in [0.2, 0.25) is 0 Å². The van der Waals surface area contributed by atoms with Crippen molar-refractivity contribution in [2.75, 3.05) is 6.54 Å². The third-order valence-electron chi connectivity index (χ3n) is 2.36. The van der Waals surface area contributed by atoms with E-state index in [1.54, 1.807) is 12.1 Å². The Hall–Kier alpha value is -0.870. The van der Waals surface area contributed by atoms with E-state index in [2.05, 4.69) is 28.2 Å². The Balaban J connectivity index is 2.60. The Morgan fingerprint density at radius 2 is 2.06 bits per heavy atom. The number of hydrogen-bond donors (Lipinski definition) is 2. The molecule has 88 valence electrons. The molecule has 0 heterocycles. The molecule has 1 aromatic carbocycles. The smallest absolute Gasteiger partial charge is 0.251 e. The highest BCUT2D eigenvalue weighted by Crippen LogP contribution is 2.10. The van der Waals surface area contributed by atoms with Crippen LogP contribution in [0.3, 0.4) is 0 Å². The molecule has 1 atom stereocenters. The van der Waals surface area contributed by atoms with Gasteiger partial charge in [-0.2, -0.15) is 0 Å². The van der Waals surface area contributed by atoms with Crippen LogP contribution in [0.4, 0.5) is 0 Å². The highest BCUT2D eigenvalue weighted by Gasteiger charge is 2.11. The second kappa shape index (κ2) is 6.66. The average Bonchev–Trinajstić information content (AvgIpc) is 2.29. The molecule has 0 aliphatic rings. The SMILES string of the molecule is CCCC(CN)NC(=O)c1ccc(Br)cc1. The van der Waals surface area contributed by atoms with Crippen LogP contribution in [-0.2, 0) is 0 Å². The minimum atomic E-state index is -0.0589. The van der Waals surface area contributed by atoms with Gasteiger partial charge in [-0.15, -0.1) is 0 Å². The van der Waals surface area contributed by atoms with Gasteiger partial charge in [-0.25, -0.2) is 0 Å². The van der Waals surface area contributed by atoms with Gasteiger partial charge in [0.05, 0.1) is 0 Å². The van der Waals surface area contributed by atoms with Crippen LogP contribution >= 0.6 is 15.9 Å². The molecular formula is C12H17BrN2O. The van der Waals surface area contributed by atoms with Crippen molar-refractivity contribution in [1.29, 1.82) is 0 Å². The molecule has 1 unspecified atom stereocenters. The van der Waals surface area contributed by atoms with E-state index in [1.807, 2.05) is 12.1 Å². The lowest BCUT2D eigenvalue weighted by atomic mass is 10.1. The number of rotatable bonds is 5. The predicted octanol–water partition coefficient (Wildman–Crippen LogP) is 2.31. The van der Waals surface area contributed by atoms with Gasteiger partial charge >= 0.3 is 0 Å². The molecule has 0 fully saturated rings. The summed E-state index contributed by atoms with van der Waals surface area (Å²) < 4.78 is 0.966. The topological polar surface area (TPSA) is 55.1 Å². The summed E-state index contributed by atoms with van der Waals surface area (Å²) in [7, 11) is 0. The Morgan fingerprint density at radius 3 is 2.56 bits per heavy atom. The lowest BCUT2D eigenvalue weighted by molar-refractivity contribution is 0.0936. The lowest BCUT2D eigenvalue weighted by Gasteiger charge is -2.15.